The van der Waals surface area contributed by atoms with Crippen molar-refractivity contribution < 1.29 is 8.42 Å². The van der Waals surface area contributed by atoms with Gasteiger partial charge in [-0.05, 0) is 36.8 Å². The Labute approximate surface area is 128 Å². The molecule has 2 rings (SSSR count). The molecular weight excluding hydrogens is 312 g/mol. The monoisotopic (exact) mass is 326 g/mol. The molecule has 8 heteroatoms. The topological polar surface area (TPSA) is 97.1 Å². The van der Waals surface area contributed by atoms with Gasteiger partial charge in [-0.15, -0.1) is 0 Å². The first-order valence-electron chi connectivity index (χ1n) is 6.13. The smallest absolute Gasteiger partial charge is 0.244 e. The average molecular weight is 327 g/mol. The van der Waals surface area contributed by atoms with Crippen molar-refractivity contribution in [1.82, 2.24) is 9.71 Å². The minimum atomic E-state index is -3.76. The van der Waals surface area contributed by atoms with Crippen LogP contribution in [0.3, 0.4) is 0 Å². The van der Waals surface area contributed by atoms with E-state index in [1.165, 1.54) is 18.3 Å². The molecule has 1 aromatic heterocycles. The first kappa shape index (κ1) is 15.7. The third-order valence-corrected chi connectivity index (χ3v) is 4.68. The maximum atomic E-state index is 12.4. The Hall–Kier alpha value is -1.67. The number of hydrogen-bond donors (Lipinski definition) is 3. The number of anilines is 1. The molecule has 1 aromatic carbocycles. The van der Waals surface area contributed by atoms with Crippen LogP contribution in [0.2, 0.25) is 5.02 Å². The van der Waals surface area contributed by atoms with Crippen molar-refractivity contribution >= 4 is 27.4 Å². The highest BCUT2D eigenvalue weighted by atomic mass is 35.5. The van der Waals surface area contributed by atoms with Gasteiger partial charge in [0.1, 0.15) is 4.90 Å². The van der Waals surface area contributed by atoms with E-state index in [4.69, 9.17) is 17.4 Å². The van der Waals surface area contributed by atoms with Gasteiger partial charge in [-0.1, -0.05) is 23.7 Å². The predicted molar refractivity (Wildman–Crippen MR) is 82.2 cm³/mol. The zero-order chi connectivity index (χ0) is 15.5. The van der Waals surface area contributed by atoms with E-state index in [1.54, 1.807) is 31.2 Å². The van der Waals surface area contributed by atoms with Crippen LogP contribution in [-0.4, -0.2) is 13.4 Å². The molecule has 0 saturated heterocycles. The van der Waals surface area contributed by atoms with Crippen molar-refractivity contribution in [3.05, 3.63) is 53.2 Å². The Balaban J connectivity index is 2.29. The van der Waals surface area contributed by atoms with Crippen LogP contribution < -0.4 is 16.0 Å². The number of nitrogens with one attached hydrogen (secondary N) is 2. The second-order valence-electron chi connectivity index (χ2n) is 4.39. The number of hydrogen-bond acceptors (Lipinski definition) is 5. The standard InChI is InChI=1S/C13H15ClN4O2S/c1-9(10-4-2-5-11(14)8-10)18-21(19,20)12-6-3-7-16-13(12)17-15/h2-9,18H,15H2,1H3,(H,16,17). The van der Waals surface area contributed by atoms with Gasteiger partial charge < -0.3 is 5.43 Å². The van der Waals surface area contributed by atoms with Crippen LogP contribution in [0.1, 0.15) is 18.5 Å². The Morgan fingerprint density at radius 3 is 2.71 bits per heavy atom. The summed E-state index contributed by atoms with van der Waals surface area (Å²) in [6.07, 6.45) is 1.45. The van der Waals surface area contributed by atoms with Gasteiger partial charge in [0.25, 0.3) is 0 Å². The molecule has 6 nitrogen and oxygen atoms in total. The Kier molecular flexibility index (Phi) is 4.79. The number of halogens is 1. The normalized spacial score (nSPS) is 12.9. The third-order valence-electron chi connectivity index (χ3n) is 2.88. The van der Waals surface area contributed by atoms with Gasteiger partial charge in [-0.3, -0.25) is 0 Å². The summed E-state index contributed by atoms with van der Waals surface area (Å²) in [6.45, 7) is 1.73. The average Bonchev–Trinajstić information content (AvgIpc) is 2.46. The molecule has 0 aliphatic rings. The van der Waals surface area contributed by atoms with E-state index in [9.17, 15) is 8.42 Å². The van der Waals surface area contributed by atoms with Crippen LogP contribution in [-0.2, 0) is 10.0 Å². The van der Waals surface area contributed by atoms with Gasteiger partial charge in [0, 0.05) is 17.3 Å². The van der Waals surface area contributed by atoms with Crippen LogP contribution in [0.5, 0.6) is 0 Å². The number of hydrazine groups is 1. The number of sulfonamides is 1. The molecule has 21 heavy (non-hydrogen) atoms. The first-order valence-corrected chi connectivity index (χ1v) is 7.99. The fourth-order valence-electron chi connectivity index (χ4n) is 1.86. The van der Waals surface area contributed by atoms with Gasteiger partial charge in [0.2, 0.25) is 10.0 Å². The number of aromatic nitrogens is 1. The molecule has 0 bridgehead atoms. The molecule has 0 aliphatic heterocycles. The number of benzene rings is 1. The van der Waals surface area contributed by atoms with Crippen molar-refractivity contribution in [2.45, 2.75) is 17.9 Å². The van der Waals surface area contributed by atoms with E-state index in [1.807, 2.05) is 0 Å². The molecule has 0 amide bonds. The zero-order valence-electron chi connectivity index (χ0n) is 11.2. The van der Waals surface area contributed by atoms with Crippen molar-refractivity contribution in [2.24, 2.45) is 5.84 Å². The number of nitrogens with two attached hydrogens (primary N) is 1. The highest BCUT2D eigenvalue weighted by Gasteiger charge is 2.22. The molecule has 0 radical (unpaired) electrons. The zero-order valence-corrected chi connectivity index (χ0v) is 12.8. The minimum Gasteiger partial charge on any atom is -0.307 e. The van der Waals surface area contributed by atoms with Crippen LogP contribution in [0, 0.1) is 0 Å². The van der Waals surface area contributed by atoms with E-state index in [-0.39, 0.29) is 10.7 Å². The summed E-state index contributed by atoms with van der Waals surface area (Å²) in [5, 5.41) is 0.546. The highest BCUT2D eigenvalue weighted by molar-refractivity contribution is 7.89. The van der Waals surface area contributed by atoms with Crippen LogP contribution in [0.15, 0.2) is 47.5 Å². The lowest BCUT2D eigenvalue weighted by molar-refractivity contribution is 0.567. The van der Waals surface area contributed by atoms with E-state index in [0.717, 1.165) is 5.56 Å². The number of rotatable bonds is 5. The second-order valence-corrected chi connectivity index (χ2v) is 6.51. The molecular formula is C13H15ClN4O2S. The lowest BCUT2D eigenvalue weighted by Gasteiger charge is -2.16. The largest absolute Gasteiger partial charge is 0.307 e. The lowest BCUT2D eigenvalue weighted by atomic mass is 10.1. The maximum absolute atomic E-state index is 12.4. The lowest BCUT2D eigenvalue weighted by Crippen LogP contribution is -2.28. The van der Waals surface area contributed by atoms with Gasteiger partial charge in [-0.2, -0.15) is 0 Å². The SMILES string of the molecule is CC(NS(=O)(=O)c1cccnc1NN)c1cccc(Cl)c1. The molecule has 2 aromatic rings. The van der Waals surface area contributed by atoms with Gasteiger partial charge in [0.15, 0.2) is 5.82 Å². The van der Waals surface area contributed by atoms with Gasteiger partial charge in [-0.25, -0.2) is 24.0 Å². The number of nitrogen functional groups attached to an aromatic ring is 1. The molecule has 0 fully saturated rings. The van der Waals surface area contributed by atoms with Crippen LogP contribution >= 0.6 is 11.6 Å². The summed E-state index contributed by atoms with van der Waals surface area (Å²) in [6, 6.07) is 9.50. The molecule has 0 aliphatic carbocycles. The molecule has 4 N–H and O–H groups in total. The summed E-state index contributed by atoms with van der Waals surface area (Å²) in [7, 11) is -3.76. The van der Waals surface area contributed by atoms with Crippen molar-refractivity contribution in [1.29, 1.82) is 0 Å². The molecule has 0 spiro atoms. The summed E-state index contributed by atoms with van der Waals surface area (Å²) >= 11 is 5.91. The Morgan fingerprint density at radius 1 is 1.29 bits per heavy atom. The van der Waals surface area contributed by atoms with Gasteiger partial charge in [0.05, 0.1) is 0 Å². The van der Waals surface area contributed by atoms with Crippen LogP contribution in [0.4, 0.5) is 5.82 Å². The maximum Gasteiger partial charge on any atom is 0.244 e. The highest BCUT2D eigenvalue weighted by Crippen LogP contribution is 2.22. The molecule has 0 saturated carbocycles. The van der Waals surface area contributed by atoms with Crippen LogP contribution in [0.25, 0.3) is 0 Å². The van der Waals surface area contributed by atoms with Crippen molar-refractivity contribution in [3.8, 4) is 0 Å². The quantitative estimate of drug-likeness (QED) is 0.577. The van der Waals surface area contributed by atoms with E-state index >= 15 is 0 Å². The number of pyridine rings is 1. The molecule has 1 heterocycles. The Bertz CT molecular complexity index is 736. The fraction of sp³-hybridized carbons (Fsp3) is 0.154. The second kappa shape index (κ2) is 6.40. The van der Waals surface area contributed by atoms with E-state index in [2.05, 4.69) is 15.1 Å². The molecule has 1 atom stereocenters. The molecule has 112 valence electrons. The van der Waals surface area contributed by atoms with E-state index in [0.29, 0.717) is 5.02 Å². The summed E-state index contributed by atoms with van der Waals surface area (Å²) < 4.78 is 27.4. The minimum absolute atomic E-state index is 0.0126. The van der Waals surface area contributed by atoms with Crippen molar-refractivity contribution in [3.63, 3.8) is 0 Å². The summed E-state index contributed by atoms with van der Waals surface area (Å²) in [4.78, 5) is 3.87. The predicted octanol–water partition coefficient (Wildman–Crippen LogP) is 2.06. The van der Waals surface area contributed by atoms with E-state index < -0.39 is 16.1 Å². The van der Waals surface area contributed by atoms with Gasteiger partial charge >= 0.3 is 0 Å². The fourth-order valence-corrected chi connectivity index (χ4v) is 3.41. The molecule has 1 unspecified atom stereocenters. The summed E-state index contributed by atoms with van der Waals surface area (Å²) in [5.41, 5.74) is 3.03. The first-order chi connectivity index (χ1) is 9.94. The van der Waals surface area contributed by atoms with Crippen molar-refractivity contribution in [2.75, 3.05) is 5.43 Å². The number of nitrogens with zero attached hydrogens (tertiary/aromatic N) is 1. The third kappa shape index (κ3) is 3.70. The summed E-state index contributed by atoms with van der Waals surface area (Å²) in [5.74, 6) is 5.37. The Morgan fingerprint density at radius 2 is 2.05 bits per heavy atom.